The molecule has 0 aliphatic carbocycles. The van der Waals surface area contributed by atoms with Gasteiger partial charge < -0.3 is 25.2 Å². The van der Waals surface area contributed by atoms with Crippen molar-refractivity contribution in [1.29, 1.82) is 0 Å². The standard InChI is InChI=1S/C20H29N7O/c1-15(2)17-13-23-19(14-22-17)24-18-11-16(26-5-3-21-4-6-26)12-20(25-18)27-7-9-28-10-8-27/h11-15,21H,3-10H2,1-2H3,(H,23,24,25). The number of morpholine rings is 1. The quantitative estimate of drug-likeness (QED) is 0.812. The third-order valence-corrected chi connectivity index (χ3v) is 5.13. The van der Waals surface area contributed by atoms with E-state index in [9.17, 15) is 0 Å². The number of hydrogen-bond donors (Lipinski definition) is 2. The molecule has 150 valence electrons. The van der Waals surface area contributed by atoms with Gasteiger partial charge in [0.15, 0.2) is 0 Å². The van der Waals surface area contributed by atoms with E-state index >= 15 is 0 Å². The number of ether oxygens (including phenoxy) is 1. The van der Waals surface area contributed by atoms with Gasteiger partial charge in [-0.15, -0.1) is 0 Å². The molecule has 0 saturated carbocycles. The highest BCUT2D eigenvalue weighted by molar-refractivity contribution is 5.65. The fraction of sp³-hybridized carbons (Fsp3) is 0.550. The van der Waals surface area contributed by atoms with Crippen molar-refractivity contribution in [2.75, 3.05) is 67.6 Å². The van der Waals surface area contributed by atoms with E-state index in [4.69, 9.17) is 9.72 Å². The van der Waals surface area contributed by atoms with E-state index in [1.807, 2.05) is 6.20 Å². The van der Waals surface area contributed by atoms with Crippen molar-refractivity contribution in [3.05, 3.63) is 30.2 Å². The van der Waals surface area contributed by atoms with Gasteiger partial charge in [0, 0.05) is 57.1 Å². The SMILES string of the molecule is CC(C)c1cnc(Nc2cc(N3CCNCC3)cc(N3CCOCC3)n2)cn1. The summed E-state index contributed by atoms with van der Waals surface area (Å²) in [6.07, 6.45) is 3.61. The summed E-state index contributed by atoms with van der Waals surface area (Å²) in [7, 11) is 0. The summed E-state index contributed by atoms with van der Waals surface area (Å²) in [5, 5.41) is 6.76. The van der Waals surface area contributed by atoms with Crippen molar-refractivity contribution >= 4 is 23.1 Å². The molecule has 0 bridgehead atoms. The summed E-state index contributed by atoms with van der Waals surface area (Å²) in [4.78, 5) is 18.6. The second kappa shape index (κ2) is 8.70. The van der Waals surface area contributed by atoms with Gasteiger partial charge in [0.25, 0.3) is 0 Å². The largest absolute Gasteiger partial charge is 0.378 e. The van der Waals surface area contributed by atoms with Crippen LogP contribution in [0, 0.1) is 0 Å². The lowest BCUT2D eigenvalue weighted by Crippen LogP contribution is -2.43. The van der Waals surface area contributed by atoms with Gasteiger partial charge >= 0.3 is 0 Å². The summed E-state index contributed by atoms with van der Waals surface area (Å²) in [5.41, 5.74) is 2.18. The smallest absolute Gasteiger partial charge is 0.150 e. The molecule has 2 fully saturated rings. The van der Waals surface area contributed by atoms with E-state index in [1.54, 1.807) is 6.20 Å². The lowest BCUT2D eigenvalue weighted by atomic mass is 10.1. The van der Waals surface area contributed by atoms with Crippen molar-refractivity contribution in [2.45, 2.75) is 19.8 Å². The average Bonchev–Trinajstić information content (AvgIpc) is 2.75. The van der Waals surface area contributed by atoms with Crippen LogP contribution in [0.25, 0.3) is 0 Å². The summed E-state index contributed by atoms with van der Waals surface area (Å²) >= 11 is 0. The van der Waals surface area contributed by atoms with Crippen LogP contribution in [0.15, 0.2) is 24.5 Å². The third kappa shape index (κ3) is 4.51. The minimum absolute atomic E-state index is 0.364. The Balaban J connectivity index is 1.60. The molecule has 8 nitrogen and oxygen atoms in total. The Morgan fingerprint density at radius 3 is 2.43 bits per heavy atom. The Labute approximate surface area is 166 Å². The van der Waals surface area contributed by atoms with E-state index in [0.717, 1.165) is 69.8 Å². The van der Waals surface area contributed by atoms with Crippen molar-refractivity contribution in [3.8, 4) is 0 Å². The van der Waals surface area contributed by atoms with Crippen molar-refractivity contribution in [3.63, 3.8) is 0 Å². The third-order valence-electron chi connectivity index (χ3n) is 5.13. The van der Waals surface area contributed by atoms with Gasteiger partial charge in [-0.3, -0.25) is 4.98 Å². The van der Waals surface area contributed by atoms with Crippen LogP contribution in [0.2, 0.25) is 0 Å². The van der Waals surface area contributed by atoms with E-state index in [-0.39, 0.29) is 0 Å². The van der Waals surface area contributed by atoms with Crippen molar-refractivity contribution in [2.24, 2.45) is 0 Å². The van der Waals surface area contributed by atoms with Gasteiger partial charge in [0.2, 0.25) is 0 Å². The molecule has 2 aromatic rings. The number of anilines is 4. The fourth-order valence-electron chi connectivity index (χ4n) is 3.46. The zero-order valence-electron chi connectivity index (χ0n) is 16.7. The summed E-state index contributed by atoms with van der Waals surface area (Å²) in [5.74, 6) is 2.85. The van der Waals surface area contributed by atoms with Crippen LogP contribution in [-0.2, 0) is 4.74 Å². The van der Waals surface area contributed by atoms with Gasteiger partial charge in [0.1, 0.15) is 17.5 Å². The predicted molar refractivity (Wildman–Crippen MR) is 112 cm³/mol. The molecule has 2 aliphatic heterocycles. The number of pyridine rings is 1. The monoisotopic (exact) mass is 383 g/mol. The van der Waals surface area contributed by atoms with Crippen molar-refractivity contribution in [1.82, 2.24) is 20.3 Å². The Morgan fingerprint density at radius 1 is 0.964 bits per heavy atom. The van der Waals surface area contributed by atoms with Gasteiger partial charge in [-0.05, 0) is 5.92 Å². The highest BCUT2D eigenvalue weighted by Crippen LogP contribution is 2.27. The summed E-state index contributed by atoms with van der Waals surface area (Å²) in [6, 6.07) is 4.29. The molecule has 8 heteroatoms. The second-order valence-corrected chi connectivity index (χ2v) is 7.51. The van der Waals surface area contributed by atoms with Gasteiger partial charge in [-0.1, -0.05) is 13.8 Å². The minimum atomic E-state index is 0.364. The number of nitrogens with zero attached hydrogens (tertiary/aromatic N) is 5. The highest BCUT2D eigenvalue weighted by Gasteiger charge is 2.18. The molecule has 0 spiro atoms. The Bertz CT molecular complexity index is 732. The van der Waals surface area contributed by atoms with Crippen LogP contribution in [-0.4, -0.2) is 67.4 Å². The lowest BCUT2D eigenvalue weighted by molar-refractivity contribution is 0.122. The van der Waals surface area contributed by atoms with Crippen LogP contribution >= 0.6 is 0 Å². The molecule has 28 heavy (non-hydrogen) atoms. The van der Waals surface area contributed by atoms with Crippen LogP contribution in [0.4, 0.5) is 23.1 Å². The van der Waals surface area contributed by atoms with Crippen LogP contribution in [0.3, 0.4) is 0 Å². The first-order valence-electron chi connectivity index (χ1n) is 10.1. The average molecular weight is 384 g/mol. The molecular formula is C20H29N7O. The lowest BCUT2D eigenvalue weighted by Gasteiger charge is -2.32. The maximum atomic E-state index is 5.50. The Kier molecular flexibility index (Phi) is 5.87. The zero-order chi connectivity index (χ0) is 19.3. The van der Waals surface area contributed by atoms with E-state index < -0.39 is 0 Å². The number of rotatable bonds is 5. The van der Waals surface area contributed by atoms with E-state index in [2.05, 4.69) is 56.4 Å². The number of nitrogens with one attached hydrogen (secondary N) is 2. The summed E-state index contributed by atoms with van der Waals surface area (Å²) < 4.78 is 5.50. The molecule has 0 amide bonds. The zero-order valence-corrected chi connectivity index (χ0v) is 16.7. The molecule has 2 aliphatic rings. The normalized spacial score (nSPS) is 17.8. The van der Waals surface area contributed by atoms with Crippen LogP contribution in [0.5, 0.6) is 0 Å². The predicted octanol–water partition coefficient (Wildman–Crippen LogP) is 1.98. The van der Waals surface area contributed by atoms with E-state index in [0.29, 0.717) is 11.7 Å². The summed E-state index contributed by atoms with van der Waals surface area (Å²) in [6.45, 7) is 11.4. The molecule has 0 radical (unpaired) electrons. The van der Waals surface area contributed by atoms with Gasteiger partial charge in [0.05, 0.1) is 31.3 Å². The maximum Gasteiger partial charge on any atom is 0.150 e. The minimum Gasteiger partial charge on any atom is -0.378 e. The Hall–Kier alpha value is -2.45. The first-order valence-corrected chi connectivity index (χ1v) is 10.1. The molecule has 4 rings (SSSR count). The Morgan fingerprint density at radius 2 is 1.75 bits per heavy atom. The fourth-order valence-corrected chi connectivity index (χ4v) is 3.46. The molecular weight excluding hydrogens is 354 g/mol. The van der Waals surface area contributed by atoms with Crippen molar-refractivity contribution < 1.29 is 4.74 Å². The number of aromatic nitrogens is 3. The molecule has 4 heterocycles. The molecule has 2 aromatic heterocycles. The van der Waals surface area contributed by atoms with E-state index in [1.165, 1.54) is 5.69 Å². The first kappa shape index (κ1) is 18.9. The molecule has 2 N–H and O–H groups in total. The topological polar surface area (TPSA) is 78.4 Å². The number of piperazine rings is 1. The van der Waals surface area contributed by atoms with Gasteiger partial charge in [-0.25, -0.2) is 9.97 Å². The first-order chi connectivity index (χ1) is 13.7. The van der Waals surface area contributed by atoms with Crippen LogP contribution < -0.4 is 20.4 Å². The van der Waals surface area contributed by atoms with Gasteiger partial charge in [-0.2, -0.15) is 0 Å². The molecule has 0 atom stereocenters. The molecule has 2 saturated heterocycles. The highest BCUT2D eigenvalue weighted by atomic mass is 16.5. The number of hydrogen-bond acceptors (Lipinski definition) is 8. The van der Waals surface area contributed by atoms with Crippen LogP contribution in [0.1, 0.15) is 25.5 Å². The maximum absolute atomic E-state index is 5.50. The molecule has 0 unspecified atom stereocenters. The molecule has 0 aromatic carbocycles. The second-order valence-electron chi connectivity index (χ2n) is 7.51.